The summed E-state index contributed by atoms with van der Waals surface area (Å²) in [6.45, 7) is 1.87. The number of hydrogen-bond acceptors (Lipinski definition) is 4. The Balaban J connectivity index is 2.24. The van der Waals surface area contributed by atoms with Crippen LogP contribution in [0.5, 0.6) is 0 Å². The van der Waals surface area contributed by atoms with Crippen LogP contribution in [0.25, 0.3) is 0 Å². The van der Waals surface area contributed by atoms with Gasteiger partial charge in [0.15, 0.2) is 0 Å². The molecule has 104 valence electrons. The summed E-state index contributed by atoms with van der Waals surface area (Å²) in [5.41, 5.74) is 5.39. The summed E-state index contributed by atoms with van der Waals surface area (Å²) in [5.74, 6) is -1.92. The fraction of sp³-hybridized carbons (Fsp3) is 0.462. The highest BCUT2D eigenvalue weighted by molar-refractivity contribution is 6.00. The summed E-state index contributed by atoms with van der Waals surface area (Å²) in [4.78, 5) is 13.4. The fourth-order valence-electron chi connectivity index (χ4n) is 2.45. The first-order valence-corrected chi connectivity index (χ1v) is 6.25. The van der Waals surface area contributed by atoms with Gasteiger partial charge in [0.2, 0.25) is 0 Å². The molecule has 1 saturated heterocycles. The third-order valence-electron chi connectivity index (χ3n) is 3.39. The number of anilines is 2. The average Bonchev–Trinajstić information content (AvgIpc) is 2.33. The number of halogens is 1. The highest BCUT2D eigenvalue weighted by Gasteiger charge is 2.22. The van der Waals surface area contributed by atoms with Crippen LogP contribution in [-0.4, -0.2) is 42.2 Å². The fourth-order valence-corrected chi connectivity index (χ4v) is 2.45. The van der Waals surface area contributed by atoms with Gasteiger partial charge in [-0.2, -0.15) is 0 Å². The van der Waals surface area contributed by atoms with Crippen LogP contribution in [0, 0.1) is 5.82 Å². The number of nitrogens with zero attached hydrogens (tertiary/aromatic N) is 1. The zero-order valence-electron chi connectivity index (χ0n) is 10.8. The monoisotopic (exact) mass is 267 g/mol. The van der Waals surface area contributed by atoms with Crippen molar-refractivity contribution >= 4 is 17.3 Å². The van der Waals surface area contributed by atoms with Crippen LogP contribution in [-0.2, 0) is 0 Å². The number of benzene rings is 1. The summed E-state index contributed by atoms with van der Waals surface area (Å²) >= 11 is 0. The number of carbonyl (C=O) groups is 1. The van der Waals surface area contributed by atoms with Gasteiger partial charge < -0.3 is 21.1 Å². The molecular weight excluding hydrogens is 249 g/mol. The third-order valence-corrected chi connectivity index (χ3v) is 3.39. The van der Waals surface area contributed by atoms with Crippen molar-refractivity contribution in [2.75, 3.05) is 31.2 Å². The Morgan fingerprint density at radius 1 is 1.58 bits per heavy atom. The van der Waals surface area contributed by atoms with Gasteiger partial charge in [-0.05, 0) is 38.6 Å². The first kappa shape index (κ1) is 13.6. The molecule has 0 aliphatic carbocycles. The minimum atomic E-state index is -1.22. The largest absolute Gasteiger partial charge is 0.478 e. The molecule has 4 N–H and O–H groups in total. The van der Waals surface area contributed by atoms with Gasteiger partial charge in [-0.15, -0.1) is 0 Å². The van der Waals surface area contributed by atoms with Crippen LogP contribution in [0.2, 0.25) is 0 Å². The zero-order valence-corrected chi connectivity index (χ0v) is 10.8. The molecule has 1 heterocycles. The van der Waals surface area contributed by atoms with E-state index in [1.54, 1.807) is 0 Å². The number of carboxylic acid groups (broad SMARTS) is 1. The van der Waals surface area contributed by atoms with Crippen molar-refractivity contribution in [3.05, 3.63) is 23.5 Å². The molecular formula is C13H18FN3O2. The summed E-state index contributed by atoms with van der Waals surface area (Å²) in [6.07, 6.45) is 2.01. The third kappa shape index (κ3) is 2.96. The molecule has 1 aliphatic heterocycles. The van der Waals surface area contributed by atoms with Crippen LogP contribution in [0.3, 0.4) is 0 Å². The van der Waals surface area contributed by atoms with E-state index in [0.717, 1.165) is 25.9 Å². The minimum absolute atomic E-state index is 0.154. The Labute approximate surface area is 111 Å². The molecule has 0 aromatic heterocycles. The van der Waals surface area contributed by atoms with Crippen molar-refractivity contribution in [2.45, 2.75) is 18.9 Å². The van der Waals surface area contributed by atoms with Crippen LogP contribution < -0.4 is 11.1 Å². The molecule has 1 aromatic rings. The van der Waals surface area contributed by atoms with Crippen molar-refractivity contribution in [3.8, 4) is 0 Å². The number of nitrogen functional groups attached to an aromatic ring is 1. The highest BCUT2D eigenvalue weighted by atomic mass is 19.1. The number of rotatable bonds is 3. The molecule has 5 nitrogen and oxygen atoms in total. The van der Waals surface area contributed by atoms with Gasteiger partial charge in [0, 0.05) is 12.6 Å². The van der Waals surface area contributed by atoms with Crippen LogP contribution in [0.4, 0.5) is 15.8 Å². The topological polar surface area (TPSA) is 78.6 Å². The molecule has 0 bridgehead atoms. The predicted molar refractivity (Wildman–Crippen MR) is 71.9 cm³/mol. The first-order chi connectivity index (χ1) is 8.99. The van der Waals surface area contributed by atoms with Crippen LogP contribution in [0.1, 0.15) is 23.2 Å². The number of hydrogen-bond donors (Lipinski definition) is 3. The smallest absolute Gasteiger partial charge is 0.340 e. The van der Waals surface area contributed by atoms with Crippen LogP contribution in [0.15, 0.2) is 12.1 Å². The molecule has 2 rings (SSSR count). The maximum atomic E-state index is 13.3. The van der Waals surface area contributed by atoms with Gasteiger partial charge in [0.05, 0.1) is 11.4 Å². The lowest BCUT2D eigenvalue weighted by molar-refractivity contribution is 0.0698. The Kier molecular flexibility index (Phi) is 3.90. The van der Waals surface area contributed by atoms with Gasteiger partial charge >= 0.3 is 5.97 Å². The molecule has 19 heavy (non-hydrogen) atoms. The van der Waals surface area contributed by atoms with Gasteiger partial charge in [-0.25, -0.2) is 9.18 Å². The van der Waals surface area contributed by atoms with Crippen LogP contribution >= 0.6 is 0 Å². The van der Waals surface area contributed by atoms with Gasteiger partial charge in [-0.3, -0.25) is 0 Å². The number of carboxylic acids is 1. The maximum absolute atomic E-state index is 13.3. The molecule has 1 atom stereocenters. The molecule has 1 aromatic carbocycles. The Bertz CT molecular complexity index is 493. The van der Waals surface area contributed by atoms with E-state index in [1.807, 2.05) is 7.05 Å². The van der Waals surface area contributed by atoms with Gasteiger partial charge in [0.1, 0.15) is 11.4 Å². The van der Waals surface area contributed by atoms with Crippen molar-refractivity contribution in [2.24, 2.45) is 0 Å². The molecule has 1 unspecified atom stereocenters. The second kappa shape index (κ2) is 5.44. The molecule has 0 saturated carbocycles. The Morgan fingerprint density at radius 3 is 2.95 bits per heavy atom. The van der Waals surface area contributed by atoms with E-state index in [4.69, 9.17) is 10.8 Å². The zero-order chi connectivity index (χ0) is 14.0. The lowest BCUT2D eigenvalue weighted by Gasteiger charge is -2.31. The number of likely N-dealkylation sites (N-methyl/N-ethyl adjacent to an activating group) is 1. The molecule has 0 amide bonds. The second-order valence-corrected chi connectivity index (χ2v) is 4.93. The first-order valence-electron chi connectivity index (χ1n) is 6.25. The summed E-state index contributed by atoms with van der Waals surface area (Å²) in [6, 6.07) is 2.78. The SMILES string of the molecule is CN1CCCC(Nc2ccc(F)c(N)c2C(=O)O)C1. The average molecular weight is 267 g/mol. The summed E-state index contributed by atoms with van der Waals surface area (Å²) in [7, 11) is 2.02. The van der Waals surface area contributed by atoms with E-state index >= 15 is 0 Å². The van der Waals surface area contributed by atoms with E-state index in [9.17, 15) is 9.18 Å². The highest BCUT2D eigenvalue weighted by Crippen LogP contribution is 2.26. The molecule has 0 radical (unpaired) electrons. The maximum Gasteiger partial charge on any atom is 0.340 e. The lowest BCUT2D eigenvalue weighted by atomic mass is 10.0. The number of nitrogens with two attached hydrogens (primary N) is 1. The van der Waals surface area contributed by atoms with Crippen molar-refractivity contribution in [1.82, 2.24) is 4.90 Å². The van der Waals surface area contributed by atoms with Crippen molar-refractivity contribution in [1.29, 1.82) is 0 Å². The number of piperidine rings is 1. The van der Waals surface area contributed by atoms with Gasteiger partial charge in [0.25, 0.3) is 0 Å². The predicted octanol–water partition coefficient (Wildman–Crippen LogP) is 1.61. The minimum Gasteiger partial charge on any atom is -0.478 e. The molecule has 0 spiro atoms. The molecule has 6 heteroatoms. The standard InChI is InChI=1S/C13H18FN3O2/c1-17-6-2-3-8(7-17)16-10-5-4-9(14)12(15)11(10)13(18)19/h4-5,8,16H,2-3,6-7,15H2,1H3,(H,18,19). The van der Waals surface area contributed by atoms with E-state index in [2.05, 4.69) is 10.2 Å². The summed E-state index contributed by atoms with van der Waals surface area (Å²) < 4.78 is 13.3. The Morgan fingerprint density at radius 2 is 2.32 bits per heavy atom. The molecule has 1 fully saturated rings. The van der Waals surface area contributed by atoms with E-state index in [0.29, 0.717) is 5.69 Å². The van der Waals surface area contributed by atoms with Crippen molar-refractivity contribution < 1.29 is 14.3 Å². The van der Waals surface area contributed by atoms with E-state index in [-0.39, 0.29) is 17.3 Å². The number of likely N-dealkylation sites (tertiary alicyclic amines) is 1. The number of aromatic carboxylic acids is 1. The quantitative estimate of drug-likeness (QED) is 0.725. The normalized spacial score (nSPS) is 20.2. The van der Waals surface area contributed by atoms with Gasteiger partial charge in [-0.1, -0.05) is 0 Å². The van der Waals surface area contributed by atoms with Crippen molar-refractivity contribution in [3.63, 3.8) is 0 Å². The van der Waals surface area contributed by atoms with E-state index < -0.39 is 11.8 Å². The Hall–Kier alpha value is -1.82. The second-order valence-electron chi connectivity index (χ2n) is 4.93. The molecule has 1 aliphatic rings. The van der Waals surface area contributed by atoms with E-state index in [1.165, 1.54) is 12.1 Å². The number of nitrogens with one attached hydrogen (secondary N) is 1. The summed E-state index contributed by atoms with van der Waals surface area (Å²) in [5, 5.41) is 12.3. The lowest BCUT2D eigenvalue weighted by Crippen LogP contribution is -2.40.